The third-order valence-corrected chi connectivity index (χ3v) is 6.58. The number of rotatable bonds is 7. The number of nitrogens with zero attached hydrogens (tertiary/aromatic N) is 4. The van der Waals surface area contributed by atoms with Crippen LogP contribution in [0.25, 0.3) is 0 Å². The Kier molecular flexibility index (Phi) is 5.49. The highest BCUT2D eigenvalue weighted by Crippen LogP contribution is 2.35. The molecule has 0 radical (unpaired) electrons. The van der Waals surface area contributed by atoms with E-state index in [1.807, 2.05) is 4.90 Å². The summed E-state index contributed by atoms with van der Waals surface area (Å²) >= 11 is 0. The predicted octanol–water partition coefficient (Wildman–Crippen LogP) is 1.13. The topological polar surface area (TPSA) is 94.1 Å². The lowest BCUT2D eigenvalue weighted by Gasteiger charge is -2.33. The van der Waals surface area contributed by atoms with E-state index in [1.54, 1.807) is 36.7 Å². The lowest BCUT2D eigenvalue weighted by molar-refractivity contribution is 0.173. The largest absolute Gasteiger partial charge is 0.493 e. The van der Waals surface area contributed by atoms with Gasteiger partial charge in [0.1, 0.15) is 5.75 Å². The van der Waals surface area contributed by atoms with Gasteiger partial charge in [-0.15, -0.1) is 0 Å². The Bertz CT molecular complexity index is 901. The maximum absolute atomic E-state index is 12.6. The molecule has 28 heavy (non-hydrogen) atoms. The maximum Gasteiger partial charge on any atom is 0.231 e. The normalized spacial score (nSPS) is 16.9. The molecule has 2 aliphatic heterocycles. The van der Waals surface area contributed by atoms with Crippen LogP contribution in [0.4, 0.5) is 5.95 Å². The van der Waals surface area contributed by atoms with Crippen molar-refractivity contribution in [2.24, 2.45) is 0 Å². The van der Waals surface area contributed by atoms with Crippen LogP contribution in [0.1, 0.15) is 6.42 Å². The third kappa shape index (κ3) is 4.28. The van der Waals surface area contributed by atoms with Gasteiger partial charge in [-0.25, -0.2) is 18.4 Å². The van der Waals surface area contributed by atoms with Crippen molar-refractivity contribution in [1.82, 2.24) is 14.3 Å². The van der Waals surface area contributed by atoms with Crippen LogP contribution in [0.3, 0.4) is 0 Å². The van der Waals surface area contributed by atoms with Gasteiger partial charge in [0.25, 0.3) is 0 Å². The minimum absolute atomic E-state index is 0.0549. The van der Waals surface area contributed by atoms with Gasteiger partial charge in [0.05, 0.1) is 12.4 Å². The number of aromatic nitrogens is 2. The first-order chi connectivity index (χ1) is 13.6. The van der Waals surface area contributed by atoms with Gasteiger partial charge in [-0.2, -0.15) is 4.31 Å². The van der Waals surface area contributed by atoms with Crippen molar-refractivity contribution < 1.29 is 22.6 Å². The Morgan fingerprint density at radius 3 is 2.57 bits per heavy atom. The van der Waals surface area contributed by atoms with Crippen molar-refractivity contribution >= 4 is 16.0 Å². The molecule has 2 aromatic rings. The maximum atomic E-state index is 12.6. The van der Waals surface area contributed by atoms with Gasteiger partial charge in [-0.05, 0) is 24.6 Å². The first-order valence-electron chi connectivity index (χ1n) is 9.14. The summed E-state index contributed by atoms with van der Waals surface area (Å²) in [5.41, 5.74) is 0. The van der Waals surface area contributed by atoms with E-state index in [0.29, 0.717) is 62.4 Å². The molecule has 1 saturated heterocycles. The molecule has 0 atom stereocenters. The first-order valence-corrected chi connectivity index (χ1v) is 10.7. The molecule has 2 aliphatic rings. The highest BCUT2D eigenvalue weighted by Gasteiger charge is 2.27. The fourth-order valence-electron chi connectivity index (χ4n) is 3.15. The molecule has 1 aromatic carbocycles. The Labute approximate surface area is 163 Å². The van der Waals surface area contributed by atoms with E-state index in [1.165, 1.54) is 4.31 Å². The second kappa shape index (κ2) is 8.19. The number of ether oxygens (including phenoxy) is 3. The van der Waals surface area contributed by atoms with E-state index in [4.69, 9.17) is 14.2 Å². The molecule has 150 valence electrons. The van der Waals surface area contributed by atoms with Crippen molar-refractivity contribution in [3.63, 3.8) is 0 Å². The van der Waals surface area contributed by atoms with Gasteiger partial charge in [0.2, 0.25) is 22.8 Å². The van der Waals surface area contributed by atoms with Gasteiger partial charge in [0, 0.05) is 44.6 Å². The van der Waals surface area contributed by atoms with E-state index in [0.717, 1.165) is 0 Å². The number of piperazine rings is 1. The molecule has 4 rings (SSSR count). The van der Waals surface area contributed by atoms with Crippen molar-refractivity contribution in [2.45, 2.75) is 6.42 Å². The predicted molar refractivity (Wildman–Crippen MR) is 102 cm³/mol. The molecule has 0 amide bonds. The van der Waals surface area contributed by atoms with E-state index in [9.17, 15) is 8.42 Å². The first kappa shape index (κ1) is 18.8. The lowest BCUT2D eigenvalue weighted by Crippen LogP contribution is -2.49. The monoisotopic (exact) mass is 406 g/mol. The zero-order valence-electron chi connectivity index (χ0n) is 15.4. The van der Waals surface area contributed by atoms with E-state index >= 15 is 0 Å². The van der Waals surface area contributed by atoms with Gasteiger partial charge >= 0.3 is 0 Å². The summed E-state index contributed by atoms with van der Waals surface area (Å²) in [5.74, 6) is 2.66. The number of benzene rings is 1. The van der Waals surface area contributed by atoms with Crippen LogP contribution in [-0.4, -0.2) is 68.0 Å². The molecule has 3 heterocycles. The minimum atomic E-state index is -3.31. The fraction of sp³-hybridized carbons (Fsp3) is 0.444. The summed E-state index contributed by atoms with van der Waals surface area (Å²) < 4.78 is 42.9. The zero-order valence-corrected chi connectivity index (χ0v) is 16.2. The molecule has 10 heteroatoms. The summed E-state index contributed by atoms with van der Waals surface area (Å²) in [7, 11) is -3.31. The fourth-order valence-corrected chi connectivity index (χ4v) is 4.61. The summed E-state index contributed by atoms with van der Waals surface area (Å²) in [6.45, 7) is 2.55. The molecule has 0 saturated carbocycles. The Morgan fingerprint density at radius 1 is 1.04 bits per heavy atom. The minimum Gasteiger partial charge on any atom is -0.493 e. The number of hydrogen-bond donors (Lipinski definition) is 0. The quantitative estimate of drug-likeness (QED) is 0.632. The average Bonchev–Trinajstić information content (AvgIpc) is 3.20. The molecular weight excluding hydrogens is 384 g/mol. The summed E-state index contributed by atoms with van der Waals surface area (Å²) in [6.07, 6.45) is 3.79. The average molecular weight is 406 g/mol. The van der Waals surface area contributed by atoms with Crippen LogP contribution in [0.15, 0.2) is 36.7 Å². The van der Waals surface area contributed by atoms with Crippen molar-refractivity contribution in [1.29, 1.82) is 0 Å². The smallest absolute Gasteiger partial charge is 0.231 e. The van der Waals surface area contributed by atoms with E-state index in [-0.39, 0.29) is 12.5 Å². The molecule has 9 nitrogen and oxygen atoms in total. The van der Waals surface area contributed by atoms with E-state index < -0.39 is 10.0 Å². The van der Waals surface area contributed by atoms with Gasteiger partial charge in [-0.3, -0.25) is 0 Å². The Balaban J connectivity index is 1.22. The molecule has 0 aliphatic carbocycles. The van der Waals surface area contributed by atoms with Gasteiger partial charge in [0.15, 0.2) is 11.5 Å². The van der Waals surface area contributed by atoms with Gasteiger partial charge in [-0.1, -0.05) is 0 Å². The number of anilines is 1. The molecule has 0 N–H and O–H groups in total. The second-order valence-electron chi connectivity index (χ2n) is 6.47. The highest BCUT2D eigenvalue weighted by atomic mass is 32.2. The van der Waals surface area contributed by atoms with Crippen LogP contribution in [0.5, 0.6) is 17.2 Å². The zero-order chi connectivity index (χ0) is 19.4. The SMILES string of the molecule is O=S(=O)(CCCOc1ccc2c(c1)OCO2)N1CCN(c2ncccn2)CC1. The molecule has 0 bridgehead atoms. The van der Waals surface area contributed by atoms with Crippen molar-refractivity contribution in [2.75, 3.05) is 50.2 Å². The van der Waals surface area contributed by atoms with Crippen molar-refractivity contribution in [3.8, 4) is 17.2 Å². The third-order valence-electron chi connectivity index (χ3n) is 4.63. The molecule has 1 fully saturated rings. The van der Waals surface area contributed by atoms with Gasteiger partial charge < -0.3 is 19.1 Å². The molecule has 0 unspecified atom stereocenters. The van der Waals surface area contributed by atoms with Crippen LogP contribution in [0.2, 0.25) is 0 Å². The lowest BCUT2D eigenvalue weighted by atomic mass is 10.3. The standard InChI is InChI=1S/C18H22N4O5S/c23-28(24,22-9-7-21(8-10-22)18-19-5-1-6-20-18)12-2-11-25-15-3-4-16-17(13-15)27-14-26-16/h1,3-6,13H,2,7-12,14H2. The number of sulfonamides is 1. The van der Waals surface area contributed by atoms with Crippen LogP contribution in [-0.2, 0) is 10.0 Å². The van der Waals surface area contributed by atoms with E-state index in [2.05, 4.69) is 9.97 Å². The Morgan fingerprint density at radius 2 is 1.79 bits per heavy atom. The highest BCUT2D eigenvalue weighted by molar-refractivity contribution is 7.89. The Hall–Kier alpha value is -2.59. The van der Waals surface area contributed by atoms with Crippen LogP contribution >= 0.6 is 0 Å². The summed E-state index contributed by atoms with van der Waals surface area (Å²) in [5, 5.41) is 0. The second-order valence-corrected chi connectivity index (χ2v) is 8.56. The molecule has 0 spiro atoms. The molecule has 1 aromatic heterocycles. The number of fused-ring (bicyclic) bond motifs is 1. The molecular formula is C18H22N4O5S. The van der Waals surface area contributed by atoms with Crippen molar-refractivity contribution in [3.05, 3.63) is 36.7 Å². The summed E-state index contributed by atoms with van der Waals surface area (Å²) in [6, 6.07) is 7.08. The summed E-state index contributed by atoms with van der Waals surface area (Å²) in [4.78, 5) is 10.4. The van der Waals surface area contributed by atoms with Crippen LogP contribution in [0, 0.1) is 0 Å². The number of hydrogen-bond acceptors (Lipinski definition) is 8. The van der Waals surface area contributed by atoms with Crippen LogP contribution < -0.4 is 19.1 Å².